The molecule has 1 unspecified atom stereocenters. The number of esters is 1. The number of rotatable bonds is 10. The van der Waals surface area contributed by atoms with E-state index in [0.29, 0.717) is 17.1 Å². The average Bonchev–Trinajstić information content (AvgIpc) is 3.71. The summed E-state index contributed by atoms with van der Waals surface area (Å²) in [5, 5.41) is 0. The van der Waals surface area contributed by atoms with Gasteiger partial charge in [-0.3, -0.25) is 0 Å². The highest BCUT2D eigenvalue weighted by atomic mass is 19.4. The van der Waals surface area contributed by atoms with Crippen LogP contribution in [0.4, 0.5) is 13.2 Å². The van der Waals surface area contributed by atoms with Gasteiger partial charge in [-0.1, -0.05) is 30.3 Å². The number of aryl methyl sites for hydroxylation is 1. The maximum atomic E-state index is 12.9. The monoisotopic (exact) mass is 514 g/mol. The Hall–Kier alpha value is -3.46. The van der Waals surface area contributed by atoms with Gasteiger partial charge < -0.3 is 14.2 Å². The lowest BCUT2D eigenvalue weighted by Crippen LogP contribution is -2.47. The SMILES string of the molecule is CCOC(=O)C(C)(COCc1cnc(-c2ccc(C(F)(F)F)cc2)nc1C1CC1)Oc1ccccc1C. The van der Waals surface area contributed by atoms with E-state index in [1.165, 1.54) is 12.1 Å². The lowest BCUT2D eigenvalue weighted by Gasteiger charge is -2.29. The van der Waals surface area contributed by atoms with Crippen molar-refractivity contribution in [2.24, 2.45) is 0 Å². The second kappa shape index (κ2) is 10.9. The van der Waals surface area contributed by atoms with Gasteiger partial charge in [-0.2, -0.15) is 13.2 Å². The van der Waals surface area contributed by atoms with E-state index >= 15 is 0 Å². The van der Waals surface area contributed by atoms with Crippen molar-refractivity contribution in [2.45, 2.75) is 57.9 Å². The van der Waals surface area contributed by atoms with E-state index in [-0.39, 0.29) is 25.7 Å². The number of carbonyl (C=O) groups excluding carboxylic acids is 1. The fourth-order valence-electron chi connectivity index (χ4n) is 3.87. The zero-order chi connectivity index (χ0) is 26.6. The number of nitrogens with zero attached hydrogens (tertiary/aromatic N) is 2. The second-order valence-corrected chi connectivity index (χ2v) is 9.27. The van der Waals surface area contributed by atoms with Crippen molar-refractivity contribution < 1.29 is 32.2 Å². The molecule has 1 heterocycles. The lowest BCUT2D eigenvalue weighted by atomic mass is 10.1. The maximum absolute atomic E-state index is 12.9. The van der Waals surface area contributed by atoms with Crippen molar-refractivity contribution in [1.29, 1.82) is 0 Å². The molecule has 1 saturated carbocycles. The molecule has 0 N–H and O–H groups in total. The molecule has 3 aromatic rings. The fraction of sp³-hybridized carbons (Fsp3) is 0.393. The summed E-state index contributed by atoms with van der Waals surface area (Å²) < 4.78 is 56.0. The molecule has 196 valence electrons. The predicted octanol–water partition coefficient (Wildman–Crippen LogP) is 6.27. The number of aromatic nitrogens is 2. The number of ether oxygens (including phenoxy) is 3. The van der Waals surface area contributed by atoms with Gasteiger partial charge in [0.15, 0.2) is 5.82 Å². The van der Waals surface area contributed by atoms with Gasteiger partial charge in [-0.25, -0.2) is 14.8 Å². The first-order valence-corrected chi connectivity index (χ1v) is 12.1. The van der Waals surface area contributed by atoms with Crippen LogP contribution in [0.5, 0.6) is 5.75 Å². The normalized spacial score (nSPS) is 15.2. The summed E-state index contributed by atoms with van der Waals surface area (Å²) in [4.78, 5) is 21.8. The minimum Gasteiger partial charge on any atom is -0.473 e. The van der Waals surface area contributed by atoms with Crippen LogP contribution < -0.4 is 4.74 Å². The molecule has 1 aromatic heterocycles. The van der Waals surface area contributed by atoms with Crippen molar-refractivity contribution in [3.63, 3.8) is 0 Å². The molecule has 0 amide bonds. The summed E-state index contributed by atoms with van der Waals surface area (Å²) in [5.74, 6) is 0.632. The van der Waals surface area contributed by atoms with Gasteiger partial charge in [0.2, 0.25) is 5.60 Å². The van der Waals surface area contributed by atoms with Crippen molar-refractivity contribution in [3.05, 3.63) is 77.1 Å². The summed E-state index contributed by atoms with van der Waals surface area (Å²) in [5.41, 5.74) is 0.859. The summed E-state index contributed by atoms with van der Waals surface area (Å²) in [7, 11) is 0. The molecule has 0 spiro atoms. The van der Waals surface area contributed by atoms with Gasteiger partial charge in [0.05, 0.1) is 31.1 Å². The lowest BCUT2D eigenvalue weighted by molar-refractivity contribution is -0.166. The highest BCUT2D eigenvalue weighted by Gasteiger charge is 2.39. The van der Waals surface area contributed by atoms with Gasteiger partial charge >= 0.3 is 12.1 Å². The Labute approximate surface area is 213 Å². The molecule has 37 heavy (non-hydrogen) atoms. The minimum atomic E-state index is -4.40. The Morgan fingerprint density at radius 3 is 2.41 bits per heavy atom. The van der Waals surface area contributed by atoms with Crippen LogP contribution in [0.15, 0.2) is 54.7 Å². The quantitative estimate of drug-likeness (QED) is 0.297. The fourth-order valence-corrected chi connectivity index (χ4v) is 3.87. The molecule has 2 aromatic carbocycles. The topological polar surface area (TPSA) is 70.5 Å². The standard InChI is InChI=1S/C28H29F3N2O4/c1-4-36-26(34)27(3,37-23-8-6-5-7-18(23)2)17-35-16-21-15-32-25(33-24(21)19-9-10-19)20-11-13-22(14-12-20)28(29,30)31/h5-8,11-15,19H,4,9-10,16-17H2,1-3H3. The smallest absolute Gasteiger partial charge is 0.416 e. The van der Waals surface area contributed by atoms with E-state index in [9.17, 15) is 18.0 Å². The van der Waals surface area contributed by atoms with E-state index in [1.54, 1.807) is 26.1 Å². The Balaban J connectivity index is 1.50. The summed E-state index contributed by atoms with van der Waals surface area (Å²) in [6.45, 7) is 5.53. The van der Waals surface area contributed by atoms with Crippen LogP contribution in [0.1, 0.15) is 55.0 Å². The van der Waals surface area contributed by atoms with Crippen LogP contribution in [0.25, 0.3) is 11.4 Å². The first-order chi connectivity index (χ1) is 17.6. The molecular formula is C28H29F3N2O4. The van der Waals surface area contributed by atoms with Crippen molar-refractivity contribution >= 4 is 5.97 Å². The number of alkyl halides is 3. The number of para-hydroxylation sites is 1. The van der Waals surface area contributed by atoms with Crippen LogP contribution in [-0.4, -0.2) is 34.8 Å². The minimum absolute atomic E-state index is 0.0646. The molecule has 1 aliphatic carbocycles. The second-order valence-electron chi connectivity index (χ2n) is 9.27. The van der Waals surface area contributed by atoms with Crippen molar-refractivity contribution in [2.75, 3.05) is 13.2 Å². The Kier molecular flexibility index (Phi) is 7.82. The number of hydrogen-bond donors (Lipinski definition) is 0. The number of halogens is 3. The Bertz CT molecular complexity index is 1240. The van der Waals surface area contributed by atoms with Gasteiger partial charge in [0.25, 0.3) is 0 Å². The van der Waals surface area contributed by atoms with E-state index in [2.05, 4.69) is 9.97 Å². The molecule has 0 radical (unpaired) electrons. The van der Waals surface area contributed by atoms with Gasteiger partial charge in [0.1, 0.15) is 5.75 Å². The van der Waals surface area contributed by atoms with E-state index < -0.39 is 23.3 Å². The van der Waals surface area contributed by atoms with Crippen LogP contribution in [-0.2, 0) is 27.1 Å². The van der Waals surface area contributed by atoms with Gasteiger partial charge in [-0.15, -0.1) is 0 Å². The van der Waals surface area contributed by atoms with E-state index in [0.717, 1.165) is 41.8 Å². The molecule has 1 atom stereocenters. The molecule has 9 heteroatoms. The predicted molar refractivity (Wildman–Crippen MR) is 131 cm³/mol. The third-order valence-corrected chi connectivity index (χ3v) is 6.10. The molecule has 1 aliphatic rings. The van der Waals surface area contributed by atoms with Gasteiger partial charge in [-0.05, 0) is 57.4 Å². The first kappa shape index (κ1) is 26.6. The zero-order valence-corrected chi connectivity index (χ0v) is 21.0. The van der Waals surface area contributed by atoms with Crippen LogP contribution in [0.2, 0.25) is 0 Å². The molecule has 0 aliphatic heterocycles. The largest absolute Gasteiger partial charge is 0.473 e. The highest BCUT2D eigenvalue weighted by molar-refractivity contribution is 5.79. The maximum Gasteiger partial charge on any atom is 0.416 e. The summed E-state index contributed by atoms with van der Waals surface area (Å²) >= 11 is 0. The summed E-state index contributed by atoms with van der Waals surface area (Å²) in [6, 6.07) is 12.2. The average molecular weight is 515 g/mol. The molecular weight excluding hydrogens is 485 g/mol. The van der Waals surface area contributed by atoms with E-state index in [4.69, 9.17) is 14.2 Å². The highest BCUT2D eigenvalue weighted by Crippen LogP contribution is 2.41. The third kappa shape index (κ3) is 6.46. The van der Waals surface area contributed by atoms with Crippen LogP contribution in [0, 0.1) is 6.92 Å². The first-order valence-electron chi connectivity index (χ1n) is 12.1. The van der Waals surface area contributed by atoms with Crippen molar-refractivity contribution in [1.82, 2.24) is 9.97 Å². The Morgan fingerprint density at radius 2 is 1.78 bits per heavy atom. The van der Waals surface area contributed by atoms with Crippen LogP contribution >= 0.6 is 0 Å². The van der Waals surface area contributed by atoms with Crippen molar-refractivity contribution in [3.8, 4) is 17.1 Å². The number of carbonyl (C=O) groups is 1. The summed E-state index contributed by atoms with van der Waals surface area (Å²) in [6.07, 6.45) is -0.834. The number of hydrogen-bond acceptors (Lipinski definition) is 6. The molecule has 1 fully saturated rings. The molecule has 0 bridgehead atoms. The third-order valence-electron chi connectivity index (χ3n) is 6.10. The molecule has 4 rings (SSSR count). The van der Waals surface area contributed by atoms with Crippen LogP contribution in [0.3, 0.4) is 0 Å². The molecule has 6 nitrogen and oxygen atoms in total. The van der Waals surface area contributed by atoms with Gasteiger partial charge in [0, 0.05) is 23.2 Å². The van der Waals surface area contributed by atoms with E-state index in [1.807, 2.05) is 25.1 Å². The zero-order valence-electron chi connectivity index (χ0n) is 21.0. The number of benzene rings is 2. The molecule has 0 saturated heterocycles. The Morgan fingerprint density at radius 1 is 1.08 bits per heavy atom.